The molecular formula is C25H22O8. The second kappa shape index (κ2) is 8.91. The number of hydrogen-bond donors (Lipinski definition) is 0. The molecule has 0 N–H and O–H groups in total. The minimum atomic E-state index is 0.0404. The average molecular weight is 450 g/mol. The van der Waals surface area contributed by atoms with Gasteiger partial charge in [0, 0.05) is 16.7 Å². The van der Waals surface area contributed by atoms with E-state index in [4.69, 9.17) is 33.2 Å². The van der Waals surface area contributed by atoms with Gasteiger partial charge in [-0.05, 0) is 23.3 Å². The number of ether oxygens (including phenoxy) is 7. The molecule has 170 valence electrons. The summed E-state index contributed by atoms with van der Waals surface area (Å²) in [5, 5.41) is 0. The van der Waals surface area contributed by atoms with Crippen molar-refractivity contribution in [2.75, 3.05) is 27.8 Å². The zero-order valence-corrected chi connectivity index (χ0v) is 18.2. The van der Waals surface area contributed by atoms with Gasteiger partial charge in [-0.2, -0.15) is 0 Å². The van der Waals surface area contributed by atoms with Crippen molar-refractivity contribution in [2.45, 2.75) is 13.2 Å². The van der Waals surface area contributed by atoms with E-state index < -0.39 is 0 Å². The molecule has 0 aromatic heterocycles. The third kappa shape index (κ3) is 3.68. The molecule has 0 aliphatic carbocycles. The molecule has 2 aliphatic rings. The van der Waals surface area contributed by atoms with Crippen LogP contribution in [0.1, 0.15) is 21.5 Å². The summed E-state index contributed by atoms with van der Waals surface area (Å²) in [6.45, 7) is 0.750. The van der Waals surface area contributed by atoms with Crippen LogP contribution in [-0.2, 0) is 18.0 Å². The lowest BCUT2D eigenvalue weighted by molar-refractivity contribution is 0.107. The lowest BCUT2D eigenvalue weighted by Crippen LogP contribution is -2.03. The second-order valence-electron chi connectivity index (χ2n) is 7.38. The van der Waals surface area contributed by atoms with Crippen LogP contribution < -0.4 is 28.4 Å². The summed E-state index contributed by atoms with van der Waals surface area (Å²) in [7, 11) is 3.05. The van der Waals surface area contributed by atoms with Gasteiger partial charge in [-0.1, -0.05) is 30.3 Å². The molecule has 0 unspecified atom stereocenters. The summed E-state index contributed by atoms with van der Waals surface area (Å²) >= 11 is 0. The van der Waals surface area contributed by atoms with E-state index in [0.717, 1.165) is 17.4 Å². The smallest absolute Gasteiger partial charge is 0.231 e. The summed E-state index contributed by atoms with van der Waals surface area (Å²) in [5.41, 5.74) is 3.25. The van der Waals surface area contributed by atoms with Crippen LogP contribution >= 0.6 is 0 Å². The van der Waals surface area contributed by atoms with Gasteiger partial charge in [0.05, 0.1) is 27.4 Å². The molecular weight excluding hydrogens is 428 g/mol. The second-order valence-corrected chi connectivity index (χ2v) is 7.38. The van der Waals surface area contributed by atoms with Gasteiger partial charge in [0.25, 0.3) is 0 Å². The van der Waals surface area contributed by atoms with Gasteiger partial charge in [-0.15, -0.1) is 0 Å². The van der Waals surface area contributed by atoms with Crippen LogP contribution in [0.3, 0.4) is 0 Å². The summed E-state index contributed by atoms with van der Waals surface area (Å²) in [6, 6.07) is 13.3. The first kappa shape index (κ1) is 21.0. The van der Waals surface area contributed by atoms with E-state index >= 15 is 0 Å². The fraction of sp³-hybridized carbons (Fsp3) is 0.240. The molecule has 2 heterocycles. The van der Waals surface area contributed by atoms with Gasteiger partial charge in [-0.25, -0.2) is 0 Å². The maximum absolute atomic E-state index is 12.1. The minimum Gasteiger partial charge on any atom is -0.492 e. The highest BCUT2D eigenvalue weighted by atomic mass is 16.7. The third-order valence-electron chi connectivity index (χ3n) is 5.51. The Morgan fingerprint density at radius 3 is 2.09 bits per heavy atom. The Morgan fingerprint density at radius 2 is 1.45 bits per heavy atom. The van der Waals surface area contributed by atoms with Crippen molar-refractivity contribution < 1.29 is 38.0 Å². The van der Waals surface area contributed by atoms with Crippen LogP contribution in [0.2, 0.25) is 0 Å². The third-order valence-corrected chi connectivity index (χ3v) is 5.51. The van der Waals surface area contributed by atoms with Gasteiger partial charge >= 0.3 is 0 Å². The lowest BCUT2D eigenvalue weighted by Gasteiger charge is -2.20. The maximum Gasteiger partial charge on any atom is 0.231 e. The number of aldehydes is 1. The predicted octanol–water partition coefficient (Wildman–Crippen LogP) is 4.36. The van der Waals surface area contributed by atoms with E-state index in [-0.39, 0.29) is 20.2 Å². The van der Waals surface area contributed by atoms with E-state index in [1.54, 1.807) is 6.07 Å². The zero-order chi connectivity index (χ0) is 22.8. The molecule has 0 saturated carbocycles. The van der Waals surface area contributed by atoms with Crippen LogP contribution in [0.5, 0.6) is 34.5 Å². The van der Waals surface area contributed by atoms with Gasteiger partial charge in [-0.3, -0.25) is 4.79 Å². The topological polar surface area (TPSA) is 81.7 Å². The van der Waals surface area contributed by atoms with Gasteiger partial charge in [0.2, 0.25) is 25.1 Å². The monoisotopic (exact) mass is 450 g/mol. The van der Waals surface area contributed by atoms with Crippen LogP contribution in [0.25, 0.3) is 11.1 Å². The molecule has 33 heavy (non-hydrogen) atoms. The van der Waals surface area contributed by atoms with Crippen LogP contribution in [0.4, 0.5) is 0 Å². The SMILES string of the molecule is COc1c2c(cc(C=O)c1-c1c(COCc3ccccc3)cc3c(c1OC)OCO3)OCO2. The number of rotatable bonds is 8. The number of benzene rings is 3. The fourth-order valence-corrected chi connectivity index (χ4v) is 4.08. The van der Waals surface area contributed by atoms with E-state index in [1.165, 1.54) is 14.2 Å². The largest absolute Gasteiger partial charge is 0.492 e. The quantitative estimate of drug-likeness (QED) is 0.469. The number of hydrogen-bond acceptors (Lipinski definition) is 8. The summed E-state index contributed by atoms with van der Waals surface area (Å²) in [5.74, 6) is 2.66. The molecule has 0 spiro atoms. The van der Waals surface area contributed by atoms with Crippen LogP contribution in [0.15, 0.2) is 42.5 Å². The maximum atomic E-state index is 12.1. The number of fused-ring (bicyclic) bond motifs is 2. The Balaban J connectivity index is 1.66. The first-order valence-corrected chi connectivity index (χ1v) is 10.3. The molecule has 2 aliphatic heterocycles. The molecule has 0 atom stereocenters. The Hall–Kier alpha value is -3.91. The Morgan fingerprint density at radius 1 is 0.818 bits per heavy atom. The van der Waals surface area contributed by atoms with Crippen molar-refractivity contribution in [1.29, 1.82) is 0 Å². The van der Waals surface area contributed by atoms with Crippen LogP contribution in [-0.4, -0.2) is 34.1 Å². The Kier molecular flexibility index (Phi) is 5.66. The van der Waals surface area contributed by atoms with Crippen molar-refractivity contribution in [2.24, 2.45) is 0 Å². The van der Waals surface area contributed by atoms with Crippen molar-refractivity contribution >= 4 is 6.29 Å². The van der Waals surface area contributed by atoms with Crippen molar-refractivity contribution in [3.05, 3.63) is 59.2 Å². The summed E-state index contributed by atoms with van der Waals surface area (Å²) in [6.07, 6.45) is 0.748. The molecule has 0 saturated heterocycles. The van der Waals surface area contributed by atoms with E-state index in [9.17, 15) is 4.79 Å². The number of carbonyl (C=O) groups is 1. The standard InChI is InChI=1S/C25H22O8/c1-27-24-20(16(10-26)8-18-22(24)32-13-30-18)21-17(12-29-11-15-6-4-3-5-7-15)9-19-23(25(21)28-2)33-14-31-19/h3-10H,11-14H2,1-2H3. The Labute approximate surface area is 190 Å². The zero-order valence-electron chi connectivity index (χ0n) is 18.2. The van der Waals surface area contributed by atoms with Crippen molar-refractivity contribution in [3.8, 4) is 45.6 Å². The van der Waals surface area contributed by atoms with Gasteiger partial charge in [0.15, 0.2) is 29.3 Å². The molecule has 5 rings (SSSR count). The number of carbonyl (C=O) groups excluding carboxylic acids is 1. The first-order valence-electron chi connectivity index (χ1n) is 10.3. The molecule has 0 bridgehead atoms. The highest BCUT2D eigenvalue weighted by Gasteiger charge is 2.33. The van der Waals surface area contributed by atoms with Crippen molar-refractivity contribution in [1.82, 2.24) is 0 Å². The number of methoxy groups -OCH3 is 2. The fourth-order valence-electron chi connectivity index (χ4n) is 4.08. The minimum absolute atomic E-state index is 0.0404. The molecule has 0 fully saturated rings. The molecule has 0 radical (unpaired) electrons. The lowest BCUT2D eigenvalue weighted by atomic mass is 9.92. The van der Waals surface area contributed by atoms with E-state index in [0.29, 0.717) is 57.8 Å². The normalized spacial score (nSPS) is 13.2. The van der Waals surface area contributed by atoms with E-state index in [1.807, 2.05) is 36.4 Å². The van der Waals surface area contributed by atoms with E-state index in [2.05, 4.69) is 0 Å². The molecule has 8 heteroatoms. The molecule has 3 aromatic rings. The predicted molar refractivity (Wildman–Crippen MR) is 118 cm³/mol. The summed E-state index contributed by atoms with van der Waals surface area (Å²) in [4.78, 5) is 12.1. The Bertz CT molecular complexity index is 1190. The molecule has 3 aromatic carbocycles. The highest BCUT2D eigenvalue weighted by Crippen LogP contribution is 2.55. The molecule has 0 amide bonds. The molecule has 8 nitrogen and oxygen atoms in total. The summed E-state index contributed by atoms with van der Waals surface area (Å²) < 4.78 is 39.9. The first-order chi connectivity index (χ1) is 16.2. The average Bonchev–Trinajstić information content (AvgIpc) is 3.52. The highest BCUT2D eigenvalue weighted by molar-refractivity contribution is 5.97. The van der Waals surface area contributed by atoms with Gasteiger partial charge in [0.1, 0.15) is 0 Å². The van der Waals surface area contributed by atoms with Crippen LogP contribution in [0, 0.1) is 0 Å². The van der Waals surface area contributed by atoms with Crippen molar-refractivity contribution in [3.63, 3.8) is 0 Å². The van der Waals surface area contributed by atoms with Gasteiger partial charge < -0.3 is 33.2 Å².